The molecule has 0 saturated carbocycles. The van der Waals surface area contributed by atoms with Gasteiger partial charge >= 0.3 is 6.61 Å². The van der Waals surface area contributed by atoms with E-state index in [0.29, 0.717) is 5.88 Å². The number of aryl methyl sites for hydroxylation is 1. The van der Waals surface area contributed by atoms with Crippen LogP contribution in [0, 0.1) is 0 Å². The summed E-state index contributed by atoms with van der Waals surface area (Å²) in [6.45, 7) is -0.750. The van der Waals surface area contributed by atoms with E-state index in [1.807, 2.05) is 12.1 Å². The highest BCUT2D eigenvalue weighted by Crippen LogP contribution is 2.35. The molecule has 0 spiro atoms. The van der Waals surface area contributed by atoms with Crippen LogP contribution < -0.4 is 9.47 Å². The van der Waals surface area contributed by atoms with Crippen molar-refractivity contribution in [3.8, 4) is 22.8 Å². The lowest BCUT2D eigenvalue weighted by atomic mass is 10.0. The normalized spacial score (nSPS) is 11.1. The van der Waals surface area contributed by atoms with Crippen LogP contribution in [0.2, 0.25) is 0 Å². The number of hydrogen-bond donors (Lipinski definition) is 0. The zero-order valence-corrected chi connectivity index (χ0v) is 14.0. The number of nitrogens with zero attached hydrogens (tertiary/aromatic N) is 2. The van der Waals surface area contributed by atoms with Crippen molar-refractivity contribution in [2.24, 2.45) is 0 Å². The molecule has 0 aliphatic carbocycles. The zero-order valence-electron chi connectivity index (χ0n) is 14.0. The number of fused-ring (bicyclic) bond motifs is 1. The van der Waals surface area contributed by atoms with E-state index in [-0.39, 0.29) is 5.75 Å². The second-order valence-electron chi connectivity index (χ2n) is 5.54. The summed E-state index contributed by atoms with van der Waals surface area (Å²) in [5.41, 5.74) is 3.28. The second kappa shape index (κ2) is 7.42. The highest BCUT2D eigenvalue weighted by atomic mass is 19.3. The van der Waals surface area contributed by atoms with Gasteiger partial charge in [-0.3, -0.25) is 4.98 Å². The molecular formula is C19H18F2N2O2. The van der Waals surface area contributed by atoms with Crippen molar-refractivity contribution < 1.29 is 18.3 Å². The van der Waals surface area contributed by atoms with Crippen LogP contribution in [-0.4, -0.2) is 23.7 Å². The Morgan fingerprint density at radius 1 is 1.08 bits per heavy atom. The third-order valence-corrected chi connectivity index (χ3v) is 3.82. The highest BCUT2D eigenvalue weighted by Gasteiger charge is 2.15. The second-order valence-corrected chi connectivity index (χ2v) is 5.54. The van der Waals surface area contributed by atoms with Gasteiger partial charge in [-0.2, -0.15) is 8.78 Å². The van der Waals surface area contributed by atoms with Gasteiger partial charge in [-0.15, -0.1) is 0 Å². The van der Waals surface area contributed by atoms with Crippen molar-refractivity contribution in [2.45, 2.75) is 26.4 Å². The number of rotatable bonds is 6. The van der Waals surface area contributed by atoms with Crippen molar-refractivity contribution >= 4 is 10.9 Å². The SMILES string of the molecule is CCCc1ccc2cnc(OC)c(-c3ccc(OC(F)F)cc3)c2n1. The van der Waals surface area contributed by atoms with Crippen LogP contribution >= 0.6 is 0 Å². The molecule has 0 amide bonds. The molecule has 2 aromatic heterocycles. The molecule has 2 heterocycles. The maximum absolute atomic E-state index is 12.3. The third kappa shape index (κ3) is 3.68. The van der Waals surface area contributed by atoms with Gasteiger partial charge in [0.1, 0.15) is 5.75 Å². The molecule has 0 bridgehead atoms. The quantitative estimate of drug-likeness (QED) is 0.640. The zero-order chi connectivity index (χ0) is 17.8. The van der Waals surface area contributed by atoms with Gasteiger partial charge in [0, 0.05) is 17.3 Å². The van der Waals surface area contributed by atoms with Crippen LogP contribution in [0.4, 0.5) is 8.78 Å². The van der Waals surface area contributed by atoms with Crippen LogP contribution in [0.3, 0.4) is 0 Å². The fourth-order valence-corrected chi connectivity index (χ4v) is 2.72. The van der Waals surface area contributed by atoms with Gasteiger partial charge in [-0.1, -0.05) is 25.5 Å². The van der Waals surface area contributed by atoms with Gasteiger partial charge in [0.2, 0.25) is 5.88 Å². The summed E-state index contributed by atoms with van der Waals surface area (Å²) in [7, 11) is 1.54. The van der Waals surface area contributed by atoms with Crippen LogP contribution in [0.5, 0.6) is 11.6 Å². The van der Waals surface area contributed by atoms with E-state index < -0.39 is 6.61 Å². The molecule has 3 rings (SSSR count). The summed E-state index contributed by atoms with van der Waals surface area (Å²) in [5.74, 6) is 0.543. The van der Waals surface area contributed by atoms with E-state index in [1.165, 1.54) is 12.1 Å². The largest absolute Gasteiger partial charge is 0.480 e. The first-order valence-electron chi connectivity index (χ1n) is 8.00. The number of halogens is 2. The average molecular weight is 344 g/mol. The fraction of sp³-hybridized carbons (Fsp3) is 0.263. The predicted molar refractivity (Wildman–Crippen MR) is 92.2 cm³/mol. The summed E-state index contributed by atoms with van der Waals surface area (Å²) in [6, 6.07) is 10.4. The molecule has 0 saturated heterocycles. The maximum atomic E-state index is 12.3. The molecule has 130 valence electrons. The van der Waals surface area contributed by atoms with Crippen molar-refractivity contribution in [2.75, 3.05) is 7.11 Å². The Morgan fingerprint density at radius 3 is 2.48 bits per heavy atom. The molecule has 0 unspecified atom stereocenters. The van der Waals surface area contributed by atoms with Crippen LogP contribution in [0.15, 0.2) is 42.6 Å². The number of pyridine rings is 2. The van der Waals surface area contributed by atoms with Crippen LogP contribution in [0.1, 0.15) is 19.0 Å². The van der Waals surface area contributed by atoms with Crippen LogP contribution in [-0.2, 0) is 6.42 Å². The molecule has 0 atom stereocenters. The minimum Gasteiger partial charge on any atom is -0.480 e. The number of benzene rings is 1. The minimum absolute atomic E-state index is 0.102. The Morgan fingerprint density at radius 2 is 1.84 bits per heavy atom. The van der Waals surface area contributed by atoms with E-state index in [2.05, 4.69) is 16.6 Å². The van der Waals surface area contributed by atoms with Gasteiger partial charge in [0.05, 0.1) is 18.2 Å². The summed E-state index contributed by atoms with van der Waals surface area (Å²) in [6.07, 6.45) is 3.59. The Bertz CT molecular complexity index is 867. The number of ether oxygens (including phenoxy) is 2. The molecule has 0 N–H and O–H groups in total. The van der Waals surface area contributed by atoms with E-state index >= 15 is 0 Å². The first kappa shape index (κ1) is 17.1. The van der Waals surface area contributed by atoms with E-state index in [9.17, 15) is 8.78 Å². The molecule has 3 aromatic rings. The maximum Gasteiger partial charge on any atom is 0.387 e. The number of alkyl halides is 2. The Kier molecular flexibility index (Phi) is 5.07. The van der Waals surface area contributed by atoms with E-state index in [0.717, 1.165) is 40.6 Å². The van der Waals surface area contributed by atoms with Crippen molar-refractivity contribution in [1.29, 1.82) is 0 Å². The monoisotopic (exact) mass is 344 g/mol. The van der Waals surface area contributed by atoms with Gasteiger partial charge in [-0.05, 0) is 36.2 Å². The van der Waals surface area contributed by atoms with E-state index in [1.54, 1.807) is 25.4 Å². The molecule has 0 aliphatic heterocycles. The van der Waals surface area contributed by atoms with Gasteiger partial charge < -0.3 is 9.47 Å². The molecule has 0 fully saturated rings. The molecule has 1 aromatic carbocycles. The summed E-state index contributed by atoms with van der Waals surface area (Å²) >= 11 is 0. The van der Waals surface area contributed by atoms with Gasteiger partial charge in [-0.25, -0.2) is 4.98 Å². The summed E-state index contributed by atoms with van der Waals surface area (Å²) < 4.78 is 34.5. The molecule has 6 heteroatoms. The van der Waals surface area contributed by atoms with Gasteiger partial charge in [0.25, 0.3) is 0 Å². The Hall–Kier alpha value is -2.76. The lowest BCUT2D eigenvalue weighted by Gasteiger charge is -2.12. The Balaban J connectivity index is 2.13. The first-order valence-corrected chi connectivity index (χ1v) is 8.00. The minimum atomic E-state index is -2.85. The molecule has 0 aliphatic rings. The lowest BCUT2D eigenvalue weighted by Crippen LogP contribution is -2.01. The topological polar surface area (TPSA) is 44.2 Å². The van der Waals surface area contributed by atoms with E-state index in [4.69, 9.17) is 9.72 Å². The number of hydrogen-bond acceptors (Lipinski definition) is 4. The lowest BCUT2D eigenvalue weighted by molar-refractivity contribution is -0.0498. The van der Waals surface area contributed by atoms with Crippen molar-refractivity contribution in [1.82, 2.24) is 9.97 Å². The summed E-state index contributed by atoms with van der Waals surface area (Å²) in [5, 5.41) is 0.892. The number of methoxy groups -OCH3 is 1. The first-order chi connectivity index (χ1) is 12.1. The standard InChI is InChI=1S/C19H18F2N2O2/c1-3-4-14-8-5-13-11-22-18(24-2)16(17(13)23-14)12-6-9-15(10-7-12)25-19(20)21/h5-11,19H,3-4H2,1-2H3. The van der Waals surface area contributed by atoms with Crippen molar-refractivity contribution in [3.63, 3.8) is 0 Å². The molecule has 0 radical (unpaired) electrons. The predicted octanol–water partition coefficient (Wildman–Crippen LogP) is 4.86. The average Bonchev–Trinajstić information content (AvgIpc) is 2.61. The van der Waals surface area contributed by atoms with Crippen LogP contribution in [0.25, 0.3) is 22.0 Å². The Labute approximate surface area is 144 Å². The third-order valence-electron chi connectivity index (χ3n) is 3.82. The molecular weight excluding hydrogens is 326 g/mol. The smallest absolute Gasteiger partial charge is 0.387 e. The molecule has 4 nitrogen and oxygen atoms in total. The fourth-order valence-electron chi connectivity index (χ4n) is 2.72. The van der Waals surface area contributed by atoms with Crippen molar-refractivity contribution in [3.05, 3.63) is 48.3 Å². The summed E-state index contributed by atoms with van der Waals surface area (Å²) in [4.78, 5) is 9.08. The number of aromatic nitrogens is 2. The highest BCUT2D eigenvalue weighted by molar-refractivity contribution is 5.95. The van der Waals surface area contributed by atoms with Gasteiger partial charge in [0.15, 0.2) is 0 Å². The molecule has 25 heavy (non-hydrogen) atoms.